The lowest BCUT2D eigenvalue weighted by Gasteiger charge is -2.46. The second-order valence-corrected chi connectivity index (χ2v) is 13.4. The molecule has 5 aliphatic rings. The lowest BCUT2D eigenvalue weighted by molar-refractivity contribution is -0.292. The Hall–Kier alpha value is -3.89. The summed E-state index contributed by atoms with van der Waals surface area (Å²) >= 11 is 0. The smallest absolute Gasteiger partial charge is 0.187 e. The zero-order valence-electron chi connectivity index (χ0n) is 27.7. The van der Waals surface area contributed by atoms with Gasteiger partial charge in [-0.15, -0.1) is 0 Å². The molecule has 3 aliphatic heterocycles. The molecule has 0 aromatic carbocycles. The molecule has 26 heteroatoms. The number of aliphatic hydroxyl groups is 5. The fraction of sp³-hybridized carbons (Fsp3) is 1.00. The lowest BCUT2D eigenvalue weighted by Crippen LogP contribution is -2.60. The molecule has 5 rings (SSSR count). The maximum atomic E-state index is 11.5. The Morgan fingerprint density at radius 1 is 0.635 bits per heavy atom. The Morgan fingerprint density at radius 2 is 1.25 bits per heavy atom. The van der Waals surface area contributed by atoms with E-state index in [9.17, 15) is 42.1 Å². The summed E-state index contributed by atoms with van der Waals surface area (Å²) < 4.78 is 36.0. The summed E-state index contributed by atoms with van der Waals surface area (Å²) in [6.45, 7) is 0.812. The van der Waals surface area contributed by atoms with Crippen LogP contribution < -0.4 is 0 Å². The Morgan fingerprint density at radius 3 is 1.88 bits per heavy atom. The largest absolute Gasteiger partial charge is 0.394 e. The van der Waals surface area contributed by atoms with E-state index >= 15 is 0 Å². The van der Waals surface area contributed by atoms with Gasteiger partial charge in [0.1, 0.15) is 36.6 Å². The first-order valence-electron chi connectivity index (χ1n) is 16.5. The SMILES string of the molecule is CC1([C@@H]2CC[C@@H](N=[N+]=[N-])[C@@H](O[C@H]3[C@H](O[C@@H]4O[C@H](CO)[C@@H](O[C@H]5O[C@@H](CN=[N+]=[N-])[C@@H](O)[C@H](O)[C@H]5N=[N+]=[N-])[C@H]4O)[C@@H](O)[C@H](N=[N+]=[N-])C[C@@H]3N=[N+]=[N-])O2)CC1. The van der Waals surface area contributed by atoms with E-state index in [0.29, 0.717) is 12.8 Å². The summed E-state index contributed by atoms with van der Waals surface area (Å²) in [4.78, 5) is 13.8. The van der Waals surface area contributed by atoms with Crippen LogP contribution in [0.25, 0.3) is 52.2 Å². The standard InChI is InChI=1S/C26H39N15O11/c1-26(4-5-26)14-3-2-9(33-38-28)23(49-14)50-20-11(35-40-30)6-10(34-39-29)16(43)22(20)52-25-19(46)21(13(8-42)48-25)51-24-15(36-41-31)18(45)17(44)12(47-24)7-32-37-27/h9-25,42-46H,2-8H2,1H3/t9-,10-,11+,12+,13-,14+,15-,16+,17-,18-,19-,20-,21-,22-,23-,24-,25+/m1/s1. The van der Waals surface area contributed by atoms with Crippen LogP contribution in [0.5, 0.6) is 0 Å². The molecule has 0 bridgehead atoms. The van der Waals surface area contributed by atoms with Gasteiger partial charge in [0.25, 0.3) is 0 Å². The van der Waals surface area contributed by atoms with Gasteiger partial charge in [-0.1, -0.05) is 32.5 Å². The predicted octanol–water partition coefficient (Wildman–Crippen LogP) is 1.76. The van der Waals surface area contributed by atoms with Crippen LogP contribution in [0.3, 0.4) is 0 Å². The van der Waals surface area contributed by atoms with Crippen molar-refractivity contribution in [3.63, 3.8) is 0 Å². The molecule has 2 saturated carbocycles. The normalized spacial score (nSPS) is 43.7. The molecule has 26 nitrogen and oxygen atoms in total. The van der Waals surface area contributed by atoms with Crippen LogP contribution in [0.4, 0.5) is 0 Å². The number of azide groups is 5. The zero-order chi connectivity index (χ0) is 37.6. The first-order chi connectivity index (χ1) is 25.0. The average Bonchev–Trinajstić information content (AvgIpc) is 3.82. The van der Waals surface area contributed by atoms with Crippen molar-refractivity contribution in [1.29, 1.82) is 0 Å². The number of hydrogen-bond acceptors (Lipinski definition) is 16. The monoisotopic (exact) mass is 737 g/mol. The van der Waals surface area contributed by atoms with Gasteiger partial charge in [0.2, 0.25) is 0 Å². The van der Waals surface area contributed by atoms with Gasteiger partial charge in [0.05, 0.1) is 61.8 Å². The van der Waals surface area contributed by atoms with Gasteiger partial charge in [-0.3, -0.25) is 0 Å². The van der Waals surface area contributed by atoms with Crippen molar-refractivity contribution < 1.29 is 54.0 Å². The Balaban J connectivity index is 1.42. The first kappa shape index (κ1) is 39.3. The van der Waals surface area contributed by atoms with Crippen LogP contribution >= 0.6 is 0 Å². The van der Waals surface area contributed by atoms with Gasteiger partial charge in [-0.2, -0.15) is 0 Å². The van der Waals surface area contributed by atoms with Crippen molar-refractivity contribution >= 4 is 0 Å². The molecule has 17 atom stereocenters. The molecule has 0 amide bonds. The number of nitrogens with zero attached hydrogens (tertiary/aromatic N) is 15. The van der Waals surface area contributed by atoms with Crippen molar-refractivity contribution in [2.24, 2.45) is 31.0 Å². The van der Waals surface area contributed by atoms with E-state index in [-0.39, 0.29) is 17.9 Å². The van der Waals surface area contributed by atoms with Crippen molar-refractivity contribution in [2.45, 2.75) is 143 Å². The van der Waals surface area contributed by atoms with Gasteiger partial charge in [-0.25, -0.2) is 0 Å². The molecule has 3 saturated heterocycles. The van der Waals surface area contributed by atoms with Crippen LogP contribution in [0.2, 0.25) is 0 Å². The van der Waals surface area contributed by atoms with Gasteiger partial charge < -0.3 is 54.0 Å². The third kappa shape index (κ3) is 8.33. The molecule has 0 radical (unpaired) electrons. The van der Waals surface area contributed by atoms with Crippen molar-refractivity contribution in [2.75, 3.05) is 13.2 Å². The average molecular weight is 738 g/mol. The van der Waals surface area contributed by atoms with Crippen LogP contribution in [-0.2, 0) is 28.4 Å². The number of aliphatic hydroxyl groups excluding tert-OH is 5. The van der Waals surface area contributed by atoms with Gasteiger partial charge in [0.15, 0.2) is 18.9 Å². The highest BCUT2D eigenvalue weighted by molar-refractivity contribution is 5.04. The topological polar surface area (TPSA) is 400 Å². The van der Waals surface area contributed by atoms with E-state index < -0.39 is 111 Å². The molecule has 0 spiro atoms. The van der Waals surface area contributed by atoms with E-state index in [2.05, 4.69) is 57.1 Å². The Labute approximate surface area is 293 Å². The highest BCUT2D eigenvalue weighted by atomic mass is 16.8. The van der Waals surface area contributed by atoms with Crippen molar-refractivity contribution in [3.8, 4) is 0 Å². The van der Waals surface area contributed by atoms with E-state index in [1.54, 1.807) is 0 Å². The van der Waals surface area contributed by atoms with Crippen LogP contribution in [0.15, 0.2) is 25.6 Å². The minimum Gasteiger partial charge on any atom is -0.394 e. The fourth-order valence-electron chi connectivity index (χ4n) is 7.03. The summed E-state index contributed by atoms with van der Waals surface area (Å²) in [7, 11) is 0. The van der Waals surface area contributed by atoms with Crippen LogP contribution in [-0.4, -0.2) is 143 Å². The predicted molar refractivity (Wildman–Crippen MR) is 169 cm³/mol. The third-order valence-electron chi connectivity index (χ3n) is 10.2. The molecule has 52 heavy (non-hydrogen) atoms. The number of ether oxygens (including phenoxy) is 6. The summed E-state index contributed by atoms with van der Waals surface area (Å²) in [5, 5.41) is 72.2. The molecule has 0 aromatic heterocycles. The molecule has 3 heterocycles. The van der Waals surface area contributed by atoms with E-state index in [4.69, 9.17) is 39.5 Å². The molecule has 5 N–H and O–H groups in total. The zero-order valence-corrected chi connectivity index (χ0v) is 27.7. The highest BCUT2D eigenvalue weighted by Crippen LogP contribution is 2.52. The second-order valence-electron chi connectivity index (χ2n) is 13.4. The summed E-state index contributed by atoms with van der Waals surface area (Å²) in [6.07, 6.45) is -16.3. The minimum atomic E-state index is -1.81. The Bertz CT molecular complexity index is 1510. The second kappa shape index (κ2) is 17.3. The summed E-state index contributed by atoms with van der Waals surface area (Å²) in [5.74, 6) is 0. The quantitative estimate of drug-likeness (QED) is 0.0971. The molecule has 0 unspecified atom stereocenters. The molecular weight excluding hydrogens is 698 g/mol. The first-order valence-corrected chi connectivity index (χ1v) is 16.5. The molecule has 5 fully saturated rings. The lowest BCUT2D eigenvalue weighted by atomic mass is 9.84. The van der Waals surface area contributed by atoms with Crippen LogP contribution in [0, 0.1) is 5.41 Å². The van der Waals surface area contributed by atoms with Crippen LogP contribution in [0.1, 0.15) is 39.0 Å². The molecule has 2 aliphatic carbocycles. The minimum absolute atomic E-state index is 0.117. The van der Waals surface area contributed by atoms with Crippen molar-refractivity contribution in [3.05, 3.63) is 52.2 Å². The molecule has 284 valence electrons. The number of rotatable bonds is 14. The van der Waals surface area contributed by atoms with Gasteiger partial charge >= 0.3 is 0 Å². The van der Waals surface area contributed by atoms with E-state index in [0.717, 1.165) is 12.8 Å². The summed E-state index contributed by atoms with van der Waals surface area (Å²) in [5.41, 5.74) is 45.6. The van der Waals surface area contributed by atoms with Gasteiger partial charge in [0, 0.05) is 24.6 Å². The maximum Gasteiger partial charge on any atom is 0.187 e. The molecule has 0 aromatic rings. The van der Waals surface area contributed by atoms with E-state index in [1.165, 1.54) is 0 Å². The summed E-state index contributed by atoms with van der Waals surface area (Å²) in [6, 6.07) is -4.77. The van der Waals surface area contributed by atoms with Gasteiger partial charge in [-0.05, 0) is 65.2 Å². The highest BCUT2D eigenvalue weighted by Gasteiger charge is 2.55. The third-order valence-corrected chi connectivity index (χ3v) is 10.2. The maximum absolute atomic E-state index is 11.5. The van der Waals surface area contributed by atoms with E-state index in [1.807, 2.05) is 0 Å². The Kier molecular flexibility index (Phi) is 13.1. The van der Waals surface area contributed by atoms with Crippen molar-refractivity contribution in [1.82, 2.24) is 0 Å². The number of hydrogen-bond donors (Lipinski definition) is 5. The molecular formula is C26H39N15O11. The fourth-order valence-corrected chi connectivity index (χ4v) is 7.03.